The summed E-state index contributed by atoms with van der Waals surface area (Å²) >= 11 is 0. The van der Waals surface area contributed by atoms with Gasteiger partial charge < -0.3 is 10.5 Å². The van der Waals surface area contributed by atoms with E-state index in [9.17, 15) is 8.78 Å². The lowest BCUT2D eigenvalue weighted by Crippen LogP contribution is -1.90. The Morgan fingerprint density at radius 1 is 0.812 bits per heavy atom. The third-order valence-electron chi connectivity index (χ3n) is 1.94. The van der Waals surface area contributed by atoms with Crippen LogP contribution in [-0.2, 0) is 0 Å². The van der Waals surface area contributed by atoms with E-state index >= 15 is 0 Å². The fourth-order valence-electron chi connectivity index (χ4n) is 1.28. The molecule has 16 heavy (non-hydrogen) atoms. The molecule has 4 heteroatoms. The predicted octanol–water partition coefficient (Wildman–Crippen LogP) is 3.34. The first kappa shape index (κ1) is 10.4. The lowest BCUT2D eigenvalue weighted by Gasteiger charge is -2.06. The van der Waals surface area contributed by atoms with Crippen molar-refractivity contribution in [1.29, 1.82) is 0 Å². The third-order valence-corrected chi connectivity index (χ3v) is 1.94. The highest BCUT2D eigenvalue weighted by molar-refractivity contribution is 5.45. The summed E-state index contributed by atoms with van der Waals surface area (Å²) in [4.78, 5) is 0. The van der Waals surface area contributed by atoms with Gasteiger partial charge in [0.15, 0.2) is 0 Å². The molecule has 82 valence electrons. The number of halogens is 2. The summed E-state index contributed by atoms with van der Waals surface area (Å²) < 4.78 is 30.9. The quantitative estimate of drug-likeness (QED) is 0.789. The Morgan fingerprint density at radius 2 is 1.50 bits per heavy atom. The van der Waals surface area contributed by atoms with E-state index in [1.54, 1.807) is 0 Å². The minimum atomic E-state index is -0.475. The number of nitrogen functional groups attached to an aromatic ring is 1. The molecule has 0 amide bonds. The van der Waals surface area contributed by atoms with Gasteiger partial charge in [0.2, 0.25) is 0 Å². The van der Waals surface area contributed by atoms with Crippen LogP contribution in [0.1, 0.15) is 0 Å². The average molecular weight is 221 g/mol. The lowest BCUT2D eigenvalue weighted by atomic mass is 10.3. The van der Waals surface area contributed by atoms with Crippen LogP contribution in [0.5, 0.6) is 11.5 Å². The third kappa shape index (κ3) is 2.48. The van der Waals surface area contributed by atoms with Crippen molar-refractivity contribution >= 4 is 5.69 Å². The van der Waals surface area contributed by atoms with Gasteiger partial charge in [-0.3, -0.25) is 0 Å². The van der Waals surface area contributed by atoms with E-state index in [1.807, 2.05) is 0 Å². The molecule has 2 aromatic carbocycles. The Kier molecular flexibility index (Phi) is 2.72. The van der Waals surface area contributed by atoms with Gasteiger partial charge in [0.25, 0.3) is 0 Å². The first-order valence-corrected chi connectivity index (χ1v) is 4.63. The highest BCUT2D eigenvalue weighted by atomic mass is 19.1. The van der Waals surface area contributed by atoms with E-state index in [-0.39, 0.29) is 17.3 Å². The van der Waals surface area contributed by atoms with Crippen molar-refractivity contribution < 1.29 is 13.5 Å². The zero-order valence-corrected chi connectivity index (χ0v) is 8.28. The second kappa shape index (κ2) is 4.18. The molecule has 2 rings (SSSR count). The van der Waals surface area contributed by atoms with Gasteiger partial charge in [-0.15, -0.1) is 0 Å². The Morgan fingerprint density at radius 3 is 2.12 bits per heavy atom. The molecule has 0 spiro atoms. The molecule has 0 unspecified atom stereocenters. The van der Waals surface area contributed by atoms with Crippen LogP contribution in [0.25, 0.3) is 0 Å². The van der Waals surface area contributed by atoms with Crippen LogP contribution in [0.2, 0.25) is 0 Å². The molecule has 0 radical (unpaired) electrons. The van der Waals surface area contributed by atoms with Crippen molar-refractivity contribution in [2.24, 2.45) is 0 Å². The summed E-state index contributed by atoms with van der Waals surface area (Å²) in [5, 5.41) is 0. The van der Waals surface area contributed by atoms with Crippen molar-refractivity contribution in [3.8, 4) is 11.5 Å². The standard InChI is InChI=1S/C12H9F2NO/c13-8-1-3-11(4-2-8)16-12-6-9(14)5-10(15)7-12/h1-7H,15H2. The summed E-state index contributed by atoms with van der Waals surface area (Å²) in [5.41, 5.74) is 5.73. The van der Waals surface area contributed by atoms with Crippen LogP contribution in [0, 0.1) is 11.6 Å². The second-order valence-electron chi connectivity index (χ2n) is 3.28. The zero-order valence-electron chi connectivity index (χ0n) is 8.28. The molecule has 2 N–H and O–H groups in total. The molecule has 0 aliphatic rings. The first-order chi connectivity index (χ1) is 7.63. The molecular weight excluding hydrogens is 212 g/mol. The van der Waals surface area contributed by atoms with Crippen LogP contribution in [-0.4, -0.2) is 0 Å². The van der Waals surface area contributed by atoms with E-state index in [2.05, 4.69) is 0 Å². The Bertz CT molecular complexity index is 477. The molecule has 2 aromatic rings. The predicted molar refractivity (Wildman–Crippen MR) is 57.3 cm³/mol. The van der Waals surface area contributed by atoms with Gasteiger partial charge in [-0.2, -0.15) is 0 Å². The number of hydrogen-bond acceptors (Lipinski definition) is 2. The number of benzene rings is 2. The fourth-order valence-corrected chi connectivity index (χ4v) is 1.28. The minimum absolute atomic E-state index is 0.275. The van der Waals surface area contributed by atoms with Gasteiger partial charge in [-0.25, -0.2) is 8.78 Å². The molecular formula is C12H9F2NO. The maximum Gasteiger partial charge on any atom is 0.132 e. The Balaban J connectivity index is 2.23. The maximum atomic E-state index is 13.0. The van der Waals surface area contributed by atoms with Gasteiger partial charge in [-0.05, 0) is 30.3 Å². The van der Waals surface area contributed by atoms with Gasteiger partial charge in [0, 0.05) is 17.8 Å². The first-order valence-electron chi connectivity index (χ1n) is 4.63. The van der Waals surface area contributed by atoms with Gasteiger partial charge in [-0.1, -0.05) is 0 Å². The maximum absolute atomic E-state index is 13.0. The van der Waals surface area contributed by atoms with Crippen LogP contribution in [0.3, 0.4) is 0 Å². The summed E-state index contributed by atoms with van der Waals surface area (Å²) in [6.07, 6.45) is 0. The molecule has 0 fully saturated rings. The minimum Gasteiger partial charge on any atom is -0.457 e. The monoisotopic (exact) mass is 221 g/mol. The zero-order chi connectivity index (χ0) is 11.5. The Labute approximate surface area is 91.3 Å². The smallest absolute Gasteiger partial charge is 0.132 e. The lowest BCUT2D eigenvalue weighted by molar-refractivity contribution is 0.475. The van der Waals surface area contributed by atoms with Gasteiger partial charge in [0.1, 0.15) is 23.1 Å². The second-order valence-corrected chi connectivity index (χ2v) is 3.28. The molecule has 0 aliphatic heterocycles. The van der Waals surface area contributed by atoms with E-state index in [0.717, 1.165) is 0 Å². The van der Waals surface area contributed by atoms with Crippen molar-refractivity contribution in [1.82, 2.24) is 0 Å². The van der Waals surface area contributed by atoms with Gasteiger partial charge >= 0.3 is 0 Å². The van der Waals surface area contributed by atoms with E-state index < -0.39 is 5.82 Å². The van der Waals surface area contributed by atoms with Crippen LogP contribution in [0.4, 0.5) is 14.5 Å². The van der Waals surface area contributed by atoms with Crippen molar-refractivity contribution in [2.45, 2.75) is 0 Å². The van der Waals surface area contributed by atoms with Crippen LogP contribution >= 0.6 is 0 Å². The Hall–Kier alpha value is -2.10. The molecule has 0 aromatic heterocycles. The normalized spacial score (nSPS) is 10.1. The largest absolute Gasteiger partial charge is 0.457 e. The number of ether oxygens (including phenoxy) is 1. The van der Waals surface area contributed by atoms with Crippen LogP contribution < -0.4 is 10.5 Å². The molecule has 0 heterocycles. The van der Waals surface area contributed by atoms with Crippen molar-refractivity contribution in [2.75, 3.05) is 5.73 Å². The number of nitrogens with two attached hydrogens (primary N) is 1. The number of anilines is 1. The highest BCUT2D eigenvalue weighted by Crippen LogP contribution is 2.24. The van der Waals surface area contributed by atoms with Crippen molar-refractivity contribution in [3.05, 3.63) is 54.1 Å². The molecule has 2 nitrogen and oxygen atoms in total. The molecule has 0 bridgehead atoms. The highest BCUT2D eigenvalue weighted by Gasteiger charge is 2.01. The van der Waals surface area contributed by atoms with Gasteiger partial charge in [0.05, 0.1) is 0 Å². The van der Waals surface area contributed by atoms with E-state index in [0.29, 0.717) is 5.75 Å². The summed E-state index contributed by atoms with van der Waals surface area (Å²) in [5.74, 6) is -0.126. The molecule has 0 saturated carbocycles. The number of hydrogen-bond donors (Lipinski definition) is 1. The van der Waals surface area contributed by atoms with Crippen molar-refractivity contribution in [3.63, 3.8) is 0 Å². The summed E-state index contributed by atoms with van der Waals surface area (Å²) in [6, 6.07) is 9.33. The van der Waals surface area contributed by atoms with Crippen LogP contribution in [0.15, 0.2) is 42.5 Å². The molecule has 0 atom stereocenters. The fraction of sp³-hybridized carbons (Fsp3) is 0. The number of rotatable bonds is 2. The summed E-state index contributed by atoms with van der Waals surface area (Å²) in [6.45, 7) is 0. The molecule has 0 saturated heterocycles. The van der Waals surface area contributed by atoms with E-state index in [1.165, 1.54) is 42.5 Å². The average Bonchev–Trinajstić information content (AvgIpc) is 2.20. The summed E-state index contributed by atoms with van der Waals surface area (Å²) in [7, 11) is 0. The van der Waals surface area contributed by atoms with E-state index in [4.69, 9.17) is 10.5 Å². The molecule has 0 aliphatic carbocycles. The SMILES string of the molecule is Nc1cc(F)cc(Oc2ccc(F)cc2)c1. The topological polar surface area (TPSA) is 35.2 Å².